The Morgan fingerprint density at radius 2 is 1.88 bits per heavy atom. The maximum absolute atomic E-state index is 12.7. The molecule has 0 unspecified atom stereocenters. The number of nitrogens with one attached hydrogen (secondary N) is 2. The second kappa shape index (κ2) is 9.15. The maximum atomic E-state index is 12.7. The summed E-state index contributed by atoms with van der Waals surface area (Å²) in [5.41, 5.74) is 0.997. The van der Waals surface area contributed by atoms with Crippen LogP contribution in [-0.2, 0) is 19.6 Å². The Morgan fingerprint density at radius 3 is 2.53 bits per heavy atom. The zero-order chi connectivity index (χ0) is 22.7. The van der Waals surface area contributed by atoms with Gasteiger partial charge in [0.1, 0.15) is 0 Å². The van der Waals surface area contributed by atoms with E-state index in [0.29, 0.717) is 29.4 Å². The highest BCUT2D eigenvalue weighted by Gasteiger charge is 2.35. The van der Waals surface area contributed by atoms with Gasteiger partial charge in [-0.25, -0.2) is 18.2 Å². The van der Waals surface area contributed by atoms with Crippen LogP contribution in [0.4, 0.5) is 21.3 Å². The number of aromatic nitrogens is 1. The van der Waals surface area contributed by atoms with Gasteiger partial charge in [-0.15, -0.1) is 11.3 Å². The molecular formula is C20H17ClN4O5S2. The first-order valence-electron chi connectivity index (χ1n) is 9.39. The van der Waals surface area contributed by atoms with Crippen LogP contribution in [0.15, 0.2) is 65.0 Å². The predicted octanol–water partition coefficient (Wildman–Crippen LogP) is 3.95. The van der Waals surface area contributed by atoms with E-state index in [-0.39, 0.29) is 15.9 Å². The number of rotatable bonds is 6. The molecule has 2 amide bonds. The van der Waals surface area contributed by atoms with Crippen LogP contribution >= 0.6 is 22.9 Å². The van der Waals surface area contributed by atoms with E-state index in [4.69, 9.17) is 16.3 Å². The lowest BCUT2D eigenvalue weighted by atomic mass is 10.3. The number of thiazole rings is 1. The van der Waals surface area contributed by atoms with E-state index >= 15 is 0 Å². The number of halogens is 1. The first-order chi connectivity index (χ1) is 15.3. The molecular weight excluding hydrogens is 476 g/mol. The molecule has 2 heterocycles. The standard InChI is InChI=1S/C20H17ClN4O5S2/c21-13-1-3-14(4-2-13)23-20(27)30-17-9-11-25(18(17)26)15-5-7-16(8-6-15)32(28,29)24-19-22-10-12-31-19/h1-8,10,12,17H,9,11H2,(H,22,24)(H,23,27)/t17-/m0/s1. The summed E-state index contributed by atoms with van der Waals surface area (Å²) >= 11 is 6.98. The van der Waals surface area contributed by atoms with Gasteiger partial charge in [-0.1, -0.05) is 11.6 Å². The molecule has 32 heavy (non-hydrogen) atoms. The van der Waals surface area contributed by atoms with Gasteiger partial charge >= 0.3 is 6.09 Å². The summed E-state index contributed by atoms with van der Waals surface area (Å²) in [6.45, 7) is 0.335. The van der Waals surface area contributed by atoms with Crippen LogP contribution in [0.3, 0.4) is 0 Å². The SMILES string of the molecule is O=C(Nc1ccc(Cl)cc1)O[C@H]1CCN(c2ccc(S(=O)(=O)Nc3nccs3)cc2)C1=O. The zero-order valence-electron chi connectivity index (χ0n) is 16.4. The zero-order valence-corrected chi connectivity index (χ0v) is 18.8. The minimum atomic E-state index is -3.79. The van der Waals surface area contributed by atoms with Gasteiger partial charge in [0.15, 0.2) is 11.2 Å². The third-order valence-corrected chi connectivity index (χ3v) is 7.03. The van der Waals surface area contributed by atoms with E-state index in [1.165, 1.54) is 46.7 Å². The van der Waals surface area contributed by atoms with Gasteiger partial charge in [-0.3, -0.25) is 14.8 Å². The molecule has 0 radical (unpaired) electrons. The topological polar surface area (TPSA) is 118 Å². The Morgan fingerprint density at radius 1 is 1.16 bits per heavy atom. The Bertz CT molecular complexity index is 1220. The molecule has 1 aliphatic heterocycles. The van der Waals surface area contributed by atoms with Gasteiger partial charge in [-0.2, -0.15) is 0 Å². The van der Waals surface area contributed by atoms with Crippen LogP contribution in [0.2, 0.25) is 5.02 Å². The number of anilines is 3. The highest BCUT2D eigenvalue weighted by Crippen LogP contribution is 2.26. The van der Waals surface area contributed by atoms with Crippen LogP contribution in [0, 0.1) is 0 Å². The van der Waals surface area contributed by atoms with Gasteiger partial charge in [0.25, 0.3) is 15.9 Å². The largest absolute Gasteiger partial charge is 0.436 e. The smallest absolute Gasteiger partial charge is 0.412 e. The Kier molecular flexibility index (Phi) is 6.31. The van der Waals surface area contributed by atoms with E-state index in [9.17, 15) is 18.0 Å². The summed E-state index contributed by atoms with van der Waals surface area (Å²) in [5, 5.41) is 5.00. The number of carbonyl (C=O) groups is 2. The number of sulfonamides is 1. The van der Waals surface area contributed by atoms with Crippen molar-refractivity contribution < 1.29 is 22.7 Å². The normalized spacial score (nSPS) is 16.1. The Labute approximate surface area is 193 Å². The van der Waals surface area contributed by atoms with Crippen molar-refractivity contribution >= 4 is 61.5 Å². The minimum absolute atomic E-state index is 0.0400. The van der Waals surface area contributed by atoms with E-state index in [0.717, 1.165) is 0 Å². The van der Waals surface area contributed by atoms with Gasteiger partial charge < -0.3 is 9.64 Å². The van der Waals surface area contributed by atoms with Crippen molar-refractivity contribution in [3.63, 3.8) is 0 Å². The highest BCUT2D eigenvalue weighted by atomic mass is 35.5. The minimum Gasteiger partial charge on any atom is -0.436 e. The van der Waals surface area contributed by atoms with E-state index < -0.39 is 22.2 Å². The molecule has 166 valence electrons. The molecule has 1 aliphatic rings. The number of ether oxygens (including phenoxy) is 1. The molecule has 0 bridgehead atoms. The van der Waals surface area contributed by atoms with Crippen molar-refractivity contribution in [3.05, 3.63) is 65.1 Å². The quantitative estimate of drug-likeness (QED) is 0.538. The van der Waals surface area contributed by atoms with Crippen LogP contribution in [0.5, 0.6) is 0 Å². The summed E-state index contributed by atoms with van der Waals surface area (Å²) in [6, 6.07) is 12.3. The van der Waals surface area contributed by atoms with Crippen molar-refractivity contribution in [2.24, 2.45) is 0 Å². The molecule has 0 saturated carbocycles. The van der Waals surface area contributed by atoms with Crippen LogP contribution in [0.1, 0.15) is 6.42 Å². The fourth-order valence-electron chi connectivity index (χ4n) is 3.08. The molecule has 1 atom stereocenters. The van der Waals surface area contributed by atoms with Crippen LogP contribution in [-0.4, -0.2) is 38.1 Å². The number of carbonyl (C=O) groups excluding carboxylic acids is 2. The summed E-state index contributed by atoms with van der Waals surface area (Å²) in [7, 11) is -3.79. The Hall–Kier alpha value is -3.15. The summed E-state index contributed by atoms with van der Waals surface area (Å²) in [5.74, 6) is -0.382. The number of nitrogens with zero attached hydrogens (tertiary/aromatic N) is 2. The molecule has 2 aromatic carbocycles. The second-order valence-electron chi connectivity index (χ2n) is 6.74. The van der Waals surface area contributed by atoms with Crippen LogP contribution in [0.25, 0.3) is 0 Å². The van der Waals surface area contributed by atoms with Gasteiger partial charge in [-0.05, 0) is 48.5 Å². The summed E-state index contributed by atoms with van der Waals surface area (Å²) in [4.78, 5) is 30.2. The van der Waals surface area contributed by atoms with E-state index in [2.05, 4.69) is 15.0 Å². The molecule has 9 nitrogen and oxygen atoms in total. The number of hydrogen-bond donors (Lipinski definition) is 2. The number of amides is 2. The second-order valence-corrected chi connectivity index (χ2v) is 9.75. The summed E-state index contributed by atoms with van der Waals surface area (Å²) in [6.07, 6.45) is 0.136. The van der Waals surface area contributed by atoms with Crippen molar-refractivity contribution in [2.45, 2.75) is 17.4 Å². The van der Waals surface area contributed by atoms with E-state index in [1.54, 1.807) is 29.6 Å². The maximum Gasteiger partial charge on any atom is 0.412 e. The van der Waals surface area contributed by atoms with E-state index in [1.807, 2.05) is 0 Å². The molecule has 2 N–H and O–H groups in total. The highest BCUT2D eigenvalue weighted by molar-refractivity contribution is 7.93. The number of hydrogen-bond acceptors (Lipinski definition) is 7. The predicted molar refractivity (Wildman–Crippen MR) is 122 cm³/mol. The van der Waals surface area contributed by atoms with Crippen molar-refractivity contribution in [2.75, 3.05) is 21.5 Å². The third kappa shape index (κ3) is 5.01. The van der Waals surface area contributed by atoms with Crippen molar-refractivity contribution in [3.8, 4) is 0 Å². The first-order valence-corrected chi connectivity index (χ1v) is 12.1. The van der Waals surface area contributed by atoms with Crippen molar-refractivity contribution in [1.82, 2.24) is 4.98 Å². The van der Waals surface area contributed by atoms with Gasteiger partial charge in [0, 0.05) is 40.9 Å². The number of benzene rings is 2. The molecule has 12 heteroatoms. The Balaban J connectivity index is 1.38. The molecule has 0 spiro atoms. The summed E-state index contributed by atoms with van der Waals surface area (Å²) < 4.78 is 32.5. The monoisotopic (exact) mass is 492 g/mol. The molecule has 1 saturated heterocycles. The van der Waals surface area contributed by atoms with Crippen LogP contribution < -0.4 is 14.9 Å². The fraction of sp³-hybridized carbons (Fsp3) is 0.150. The third-order valence-electron chi connectivity index (χ3n) is 4.61. The lowest BCUT2D eigenvalue weighted by Gasteiger charge is -2.17. The lowest BCUT2D eigenvalue weighted by Crippen LogP contribution is -2.33. The average Bonchev–Trinajstić information content (AvgIpc) is 3.39. The van der Waals surface area contributed by atoms with Gasteiger partial charge in [0.2, 0.25) is 0 Å². The molecule has 1 fully saturated rings. The van der Waals surface area contributed by atoms with Gasteiger partial charge in [0.05, 0.1) is 4.90 Å². The lowest BCUT2D eigenvalue weighted by molar-refractivity contribution is -0.124. The molecule has 0 aliphatic carbocycles. The first kappa shape index (κ1) is 22.1. The fourth-order valence-corrected chi connectivity index (χ4v) is 5.00. The molecule has 3 aromatic rings. The molecule has 4 rings (SSSR count). The molecule has 1 aromatic heterocycles. The van der Waals surface area contributed by atoms with Crippen molar-refractivity contribution in [1.29, 1.82) is 0 Å². The average molecular weight is 493 g/mol.